The van der Waals surface area contributed by atoms with E-state index in [9.17, 15) is 9.18 Å². The molecule has 74 valence electrons. The molecule has 1 aromatic rings. The molecule has 0 amide bonds. The first-order chi connectivity index (χ1) is 6.65. The Labute approximate surface area is 81.0 Å². The number of carbonyl (C=O) groups excluding carboxylic acids is 1. The molecule has 3 nitrogen and oxygen atoms in total. The van der Waals surface area contributed by atoms with Crippen LogP contribution in [0.15, 0.2) is 30.9 Å². The molecule has 0 aromatic heterocycles. The number of ether oxygens (including phenoxy) is 1. The van der Waals surface area contributed by atoms with Crippen LogP contribution in [0.5, 0.6) is 0 Å². The number of nitrogen functional groups attached to an aromatic ring is 1. The fourth-order valence-electron chi connectivity index (χ4n) is 0.889. The minimum Gasteiger partial charge on any atom is -0.458 e. The van der Waals surface area contributed by atoms with Gasteiger partial charge in [-0.2, -0.15) is 0 Å². The molecule has 0 fully saturated rings. The van der Waals surface area contributed by atoms with E-state index in [0.717, 1.165) is 6.07 Å². The van der Waals surface area contributed by atoms with Crippen LogP contribution in [-0.2, 0) is 4.74 Å². The molecule has 0 aliphatic rings. The normalized spacial score (nSPS) is 9.50. The largest absolute Gasteiger partial charge is 0.458 e. The minimum absolute atomic E-state index is 0.0712. The number of benzene rings is 1. The van der Waals surface area contributed by atoms with Crippen molar-refractivity contribution in [2.24, 2.45) is 0 Å². The van der Waals surface area contributed by atoms with Gasteiger partial charge in [0.2, 0.25) is 0 Å². The van der Waals surface area contributed by atoms with Crippen LogP contribution in [0.2, 0.25) is 0 Å². The molecule has 0 unspecified atom stereocenters. The topological polar surface area (TPSA) is 52.3 Å². The van der Waals surface area contributed by atoms with Crippen LogP contribution < -0.4 is 5.73 Å². The van der Waals surface area contributed by atoms with E-state index >= 15 is 0 Å². The van der Waals surface area contributed by atoms with E-state index in [4.69, 9.17) is 10.5 Å². The average Bonchev–Trinajstić information content (AvgIpc) is 2.18. The van der Waals surface area contributed by atoms with Crippen molar-refractivity contribution in [1.82, 2.24) is 0 Å². The first-order valence-electron chi connectivity index (χ1n) is 3.98. The van der Waals surface area contributed by atoms with E-state index in [0.29, 0.717) is 0 Å². The third-order valence-electron chi connectivity index (χ3n) is 1.56. The lowest BCUT2D eigenvalue weighted by molar-refractivity contribution is 0.0550. The average molecular weight is 195 g/mol. The summed E-state index contributed by atoms with van der Waals surface area (Å²) in [6.07, 6.45) is 1.45. The molecule has 0 aliphatic heterocycles. The Morgan fingerprint density at radius 1 is 1.64 bits per heavy atom. The summed E-state index contributed by atoms with van der Waals surface area (Å²) in [5.74, 6) is -1.10. The fraction of sp³-hybridized carbons (Fsp3) is 0.100. The van der Waals surface area contributed by atoms with E-state index in [1.54, 1.807) is 0 Å². The SMILES string of the molecule is C=CCOC(=O)c1ccc(F)c(N)c1. The zero-order valence-electron chi connectivity index (χ0n) is 7.50. The highest BCUT2D eigenvalue weighted by molar-refractivity contribution is 5.90. The number of halogens is 1. The number of hydrogen-bond acceptors (Lipinski definition) is 3. The Balaban J connectivity index is 2.80. The molecule has 0 saturated carbocycles. The van der Waals surface area contributed by atoms with Gasteiger partial charge in [-0.25, -0.2) is 9.18 Å². The summed E-state index contributed by atoms with van der Waals surface area (Å²) < 4.78 is 17.5. The number of nitrogens with two attached hydrogens (primary N) is 1. The second-order valence-corrected chi connectivity index (χ2v) is 2.62. The Morgan fingerprint density at radius 3 is 2.93 bits per heavy atom. The summed E-state index contributed by atoms with van der Waals surface area (Å²) in [7, 11) is 0. The second-order valence-electron chi connectivity index (χ2n) is 2.62. The van der Waals surface area contributed by atoms with Gasteiger partial charge in [0.05, 0.1) is 11.3 Å². The lowest BCUT2D eigenvalue weighted by atomic mass is 10.2. The highest BCUT2D eigenvalue weighted by atomic mass is 19.1. The van der Waals surface area contributed by atoms with Gasteiger partial charge >= 0.3 is 5.97 Å². The standard InChI is InChI=1S/C10H10FNO2/c1-2-5-14-10(13)7-3-4-8(11)9(12)6-7/h2-4,6H,1,5,12H2. The number of rotatable bonds is 3. The number of carbonyl (C=O) groups is 1. The van der Waals surface area contributed by atoms with Gasteiger partial charge in [-0.3, -0.25) is 0 Å². The van der Waals surface area contributed by atoms with Crippen LogP contribution >= 0.6 is 0 Å². The first-order valence-corrected chi connectivity index (χ1v) is 3.98. The first kappa shape index (κ1) is 10.2. The van der Waals surface area contributed by atoms with Gasteiger partial charge in [0.15, 0.2) is 0 Å². The van der Waals surface area contributed by atoms with Crippen molar-refractivity contribution in [3.8, 4) is 0 Å². The van der Waals surface area contributed by atoms with Gasteiger partial charge in [0, 0.05) is 0 Å². The Hall–Kier alpha value is -1.84. The molecule has 1 aromatic carbocycles. The predicted octanol–water partition coefficient (Wildman–Crippen LogP) is 1.75. The van der Waals surface area contributed by atoms with E-state index in [-0.39, 0.29) is 17.9 Å². The Morgan fingerprint density at radius 2 is 2.36 bits per heavy atom. The van der Waals surface area contributed by atoms with Gasteiger partial charge in [0.25, 0.3) is 0 Å². The molecule has 0 spiro atoms. The Bertz CT molecular complexity index is 363. The number of hydrogen-bond donors (Lipinski definition) is 1. The maximum atomic E-state index is 12.7. The molecule has 0 saturated heterocycles. The minimum atomic E-state index is -0.551. The quantitative estimate of drug-likeness (QED) is 0.454. The molecule has 2 N–H and O–H groups in total. The van der Waals surface area contributed by atoms with Crippen LogP contribution in [-0.4, -0.2) is 12.6 Å². The number of esters is 1. The maximum Gasteiger partial charge on any atom is 0.338 e. The Kier molecular flexibility index (Phi) is 3.23. The van der Waals surface area contributed by atoms with Gasteiger partial charge in [-0.1, -0.05) is 12.7 Å². The summed E-state index contributed by atoms with van der Waals surface area (Å²) in [6, 6.07) is 3.68. The van der Waals surface area contributed by atoms with Crippen LogP contribution in [0.3, 0.4) is 0 Å². The van der Waals surface area contributed by atoms with Gasteiger partial charge < -0.3 is 10.5 Å². The van der Waals surface area contributed by atoms with E-state index in [1.807, 2.05) is 0 Å². The molecule has 4 heteroatoms. The molecule has 0 heterocycles. The lowest BCUT2D eigenvalue weighted by Crippen LogP contribution is -2.06. The van der Waals surface area contributed by atoms with Crippen molar-refractivity contribution in [3.05, 3.63) is 42.2 Å². The van der Waals surface area contributed by atoms with Crippen LogP contribution in [0.1, 0.15) is 10.4 Å². The van der Waals surface area contributed by atoms with Crippen LogP contribution in [0.4, 0.5) is 10.1 Å². The molecular weight excluding hydrogens is 185 g/mol. The summed E-state index contributed by atoms with van der Waals surface area (Å²) in [5, 5.41) is 0. The van der Waals surface area contributed by atoms with Gasteiger partial charge in [-0.05, 0) is 18.2 Å². The molecule has 0 atom stereocenters. The third kappa shape index (κ3) is 2.32. The predicted molar refractivity (Wildman–Crippen MR) is 51.3 cm³/mol. The molecule has 1 rings (SSSR count). The summed E-state index contributed by atoms with van der Waals surface area (Å²) in [5.41, 5.74) is 5.44. The fourth-order valence-corrected chi connectivity index (χ4v) is 0.889. The van der Waals surface area contributed by atoms with Crippen LogP contribution in [0, 0.1) is 5.82 Å². The van der Waals surface area contributed by atoms with Crippen molar-refractivity contribution in [2.75, 3.05) is 12.3 Å². The monoisotopic (exact) mass is 195 g/mol. The maximum absolute atomic E-state index is 12.7. The van der Waals surface area contributed by atoms with Gasteiger partial charge in [-0.15, -0.1) is 0 Å². The molecule has 0 aliphatic carbocycles. The molecular formula is C10H10FNO2. The molecule has 0 radical (unpaired) electrons. The van der Waals surface area contributed by atoms with Gasteiger partial charge in [0.1, 0.15) is 12.4 Å². The lowest BCUT2D eigenvalue weighted by Gasteiger charge is -2.02. The second kappa shape index (κ2) is 4.41. The number of anilines is 1. The smallest absolute Gasteiger partial charge is 0.338 e. The molecule has 14 heavy (non-hydrogen) atoms. The van der Waals surface area contributed by atoms with Crippen molar-refractivity contribution in [2.45, 2.75) is 0 Å². The van der Waals surface area contributed by atoms with Crippen LogP contribution in [0.25, 0.3) is 0 Å². The zero-order valence-corrected chi connectivity index (χ0v) is 7.50. The molecule has 0 bridgehead atoms. The zero-order chi connectivity index (χ0) is 10.6. The van der Waals surface area contributed by atoms with Crippen molar-refractivity contribution in [3.63, 3.8) is 0 Å². The highest BCUT2D eigenvalue weighted by Gasteiger charge is 2.08. The van der Waals surface area contributed by atoms with Crippen molar-refractivity contribution >= 4 is 11.7 Å². The third-order valence-corrected chi connectivity index (χ3v) is 1.56. The van der Waals surface area contributed by atoms with Crippen molar-refractivity contribution < 1.29 is 13.9 Å². The van der Waals surface area contributed by atoms with E-state index < -0.39 is 11.8 Å². The highest BCUT2D eigenvalue weighted by Crippen LogP contribution is 2.12. The van der Waals surface area contributed by atoms with E-state index in [1.165, 1.54) is 18.2 Å². The van der Waals surface area contributed by atoms with E-state index in [2.05, 4.69) is 6.58 Å². The summed E-state index contributed by atoms with van der Waals surface area (Å²) in [4.78, 5) is 11.2. The summed E-state index contributed by atoms with van der Waals surface area (Å²) in [6.45, 7) is 3.52. The van der Waals surface area contributed by atoms with Crippen molar-refractivity contribution in [1.29, 1.82) is 0 Å². The summed E-state index contributed by atoms with van der Waals surface area (Å²) >= 11 is 0.